The van der Waals surface area contributed by atoms with E-state index in [1.165, 1.54) is 101 Å². The number of hydrogen-bond donors (Lipinski definition) is 0. The summed E-state index contributed by atoms with van der Waals surface area (Å²) in [6.07, 6.45) is 23.0. The van der Waals surface area contributed by atoms with E-state index in [1.54, 1.807) is 0 Å². The number of nitrogens with zero attached hydrogens (tertiary/aromatic N) is 2. The van der Waals surface area contributed by atoms with Crippen LogP contribution in [0, 0.1) is 6.92 Å². The summed E-state index contributed by atoms with van der Waals surface area (Å²) in [4.78, 5) is 9.59. The first-order valence-corrected chi connectivity index (χ1v) is 11.9. The lowest BCUT2D eigenvalue weighted by Gasteiger charge is -2.08. The maximum atomic E-state index is 4.80. The van der Waals surface area contributed by atoms with Crippen molar-refractivity contribution in [1.82, 2.24) is 9.97 Å². The quantitative estimate of drug-likeness (QED) is 0.245. The second-order valence-corrected chi connectivity index (χ2v) is 8.11. The summed E-state index contributed by atoms with van der Waals surface area (Å²) >= 11 is 0. The van der Waals surface area contributed by atoms with Gasteiger partial charge in [0.25, 0.3) is 0 Å². The molecule has 1 rings (SSSR count). The van der Waals surface area contributed by atoms with Crippen LogP contribution in [-0.2, 0) is 19.3 Å². The maximum absolute atomic E-state index is 4.80. The topological polar surface area (TPSA) is 25.8 Å². The van der Waals surface area contributed by atoms with E-state index in [2.05, 4.69) is 26.8 Å². The van der Waals surface area contributed by atoms with Crippen molar-refractivity contribution in [2.75, 3.05) is 0 Å². The van der Waals surface area contributed by atoms with Crippen LogP contribution in [0.1, 0.15) is 127 Å². The van der Waals surface area contributed by atoms with Gasteiger partial charge < -0.3 is 0 Å². The second-order valence-electron chi connectivity index (χ2n) is 8.11. The lowest BCUT2D eigenvalue weighted by molar-refractivity contribution is 0.582. The Bertz CT molecular complexity index is 419. The largest absolute Gasteiger partial charge is 0.238 e. The first kappa shape index (κ1) is 24.1. The Morgan fingerprint density at radius 3 is 1.41 bits per heavy atom. The highest BCUT2D eigenvalue weighted by atomic mass is 14.9. The highest BCUT2D eigenvalue weighted by Crippen LogP contribution is 2.14. The average Bonchev–Trinajstić information content (AvgIpc) is 2.67. The van der Waals surface area contributed by atoms with Crippen molar-refractivity contribution >= 4 is 0 Å². The third-order valence-electron chi connectivity index (χ3n) is 5.35. The maximum Gasteiger partial charge on any atom is 0.128 e. The van der Waals surface area contributed by atoms with Crippen molar-refractivity contribution < 1.29 is 0 Å². The van der Waals surface area contributed by atoms with E-state index in [1.807, 2.05) is 0 Å². The molecular weight excluding hydrogens is 328 g/mol. The molecule has 0 saturated heterocycles. The van der Waals surface area contributed by atoms with Gasteiger partial charge in [-0.15, -0.1) is 0 Å². The van der Waals surface area contributed by atoms with Crippen molar-refractivity contribution in [1.29, 1.82) is 0 Å². The zero-order valence-electron chi connectivity index (χ0n) is 18.4. The minimum Gasteiger partial charge on any atom is -0.238 e. The Morgan fingerprint density at radius 2 is 1.00 bits per heavy atom. The van der Waals surface area contributed by atoms with Gasteiger partial charge in [0.05, 0.1) is 0 Å². The molecule has 1 heterocycles. The second kappa shape index (κ2) is 17.2. The normalized spacial score (nSPS) is 11.2. The molecule has 0 aromatic carbocycles. The van der Waals surface area contributed by atoms with Crippen LogP contribution >= 0.6 is 0 Å². The summed E-state index contributed by atoms with van der Waals surface area (Å²) in [5.74, 6) is 1.02. The fourth-order valence-electron chi connectivity index (χ4n) is 3.67. The van der Waals surface area contributed by atoms with Crippen molar-refractivity contribution in [3.63, 3.8) is 0 Å². The molecule has 0 fully saturated rings. The molecule has 0 bridgehead atoms. The summed E-state index contributed by atoms with van der Waals surface area (Å²) in [6.45, 7) is 8.54. The fourth-order valence-corrected chi connectivity index (χ4v) is 3.67. The number of aromatic nitrogens is 2. The predicted octanol–water partition coefficient (Wildman–Crippen LogP) is 7.83. The van der Waals surface area contributed by atoms with Gasteiger partial charge in [-0.05, 0) is 38.2 Å². The summed E-state index contributed by atoms with van der Waals surface area (Å²) < 4.78 is 0. The first-order chi connectivity index (χ1) is 13.3. The monoisotopic (exact) mass is 373 g/mol. The van der Waals surface area contributed by atoms with Crippen LogP contribution in [0.2, 0.25) is 0 Å². The van der Waals surface area contributed by atoms with Crippen LogP contribution in [0.25, 0.3) is 0 Å². The molecule has 1 radical (unpaired) electrons. The van der Waals surface area contributed by atoms with E-state index in [9.17, 15) is 0 Å². The fraction of sp³-hybridized carbons (Fsp3) is 0.800. The molecule has 0 saturated carbocycles. The number of rotatable bonds is 18. The molecule has 27 heavy (non-hydrogen) atoms. The standard InChI is InChI=1S/C25H45N2/c1-4-7-9-11-13-15-17-20-23-22-24(27-25(26-23)19-6-3)21-18-16-14-12-10-8-5-2/h22H,3-21H2,1-2H3. The molecule has 2 heteroatoms. The van der Waals surface area contributed by atoms with Crippen molar-refractivity contribution in [2.24, 2.45) is 0 Å². The zero-order chi connectivity index (χ0) is 19.6. The smallest absolute Gasteiger partial charge is 0.128 e. The van der Waals surface area contributed by atoms with Crippen molar-refractivity contribution in [3.8, 4) is 0 Å². The lowest BCUT2D eigenvalue weighted by atomic mass is 10.0. The highest BCUT2D eigenvalue weighted by molar-refractivity contribution is 5.12. The number of hydrogen-bond acceptors (Lipinski definition) is 2. The van der Waals surface area contributed by atoms with Crippen molar-refractivity contribution in [2.45, 2.75) is 129 Å². The lowest BCUT2D eigenvalue weighted by Crippen LogP contribution is -2.04. The van der Waals surface area contributed by atoms with Gasteiger partial charge in [0, 0.05) is 17.8 Å². The van der Waals surface area contributed by atoms with E-state index < -0.39 is 0 Å². The molecule has 155 valence electrons. The molecule has 0 atom stereocenters. The Morgan fingerprint density at radius 1 is 0.593 bits per heavy atom. The van der Waals surface area contributed by atoms with Crippen LogP contribution in [0.4, 0.5) is 0 Å². The molecule has 1 aromatic rings. The van der Waals surface area contributed by atoms with Gasteiger partial charge >= 0.3 is 0 Å². The van der Waals surface area contributed by atoms with E-state index >= 15 is 0 Å². The van der Waals surface area contributed by atoms with E-state index in [0.717, 1.165) is 31.5 Å². The third kappa shape index (κ3) is 13.0. The molecule has 0 N–H and O–H groups in total. The minimum atomic E-state index is 0.887. The molecule has 1 aromatic heterocycles. The molecule has 0 spiro atoms. The van der Waals surface area contributed by atoms with Gasteiger partial charge in [0.1, 0.15) is 5.82 Å². The number of aryl methyl sites for hydroxylation is 3. The third-order valence-corrected chi connectivity index (χ3v) is 5.35. The van der Waals surface area contributed by atoms with E-state index in [4.69, 9.17) is 9.97 Å². The van der Waals surface area contributed by atoms with Crippen LogP contribution in [0.3, 0.4) is 0 Å². The molecule has 0 aliphatic heterocycles. The van der Waals surface area contributed by atoms with Gasteiger partial charge in [-0.3, -0.25) is 0 Å². The van der Waals surface area contributed by atoms with E-state index in [-0.39, 0.29) is 0 Å². The van der Waals surface area contributed by atoms with Crippen LogP contribution in [-0.4, -0.2) is 9.97 Å². The summed E-state index contributed by atoms with van der Waals surface area (Å²) in [5.41, 5.74) is 2.53. The Labute approximate surface area is 170 Å². The number of unbranched alkanes of at least 4 members (excludes halogenated alkanes) is 12. The van der Waals surface area contributed by atoms with Crippen LogP contribution < -0.4 is 0 Å². The summed E-state index contributed by atoms with van der Waals surface area (Å²) in [6, 6.07) is 2.28. The molecule has 0 unspecified atom stereocenters. The zero-order valence-corrected chi connectivity index (χ0v) is 18.4. The Hall–Kier alpha value is -0.920. The first-order valence-electron chi connectivity index (χ1n) is 11.9. The summed E-state index contributed by atoms with van der Waals surface area (Å²) in [5, 5.41) is 0. The SMILES string of the molecule is [CH2]CCc1nc(CCCCCCCCC)cc(CCCCCCCCC)n1. The predicted molar refractivity (Wildman–Crippen MR) is 119 cm³/mol. The minimum absolute atomic E-state index is 0.887. The molecule has 0 aliphatic rings. The average molecular weight is 374 g/mol. The van der Waals surface area contributed by atoms with Crippen LogP contribution in [0.15, 0.2) is 6.07 Å². The van der Waals surface area contributed by atoms with Gasteiger partial charge in [0.2, 0.25) is 0 Å². The Balaban J connectivity index is 2.34. The van der Waals surface area contributed by atoms with Crippen molar-refractivity contribution in [3.05, 3.63) is 30.2 Å². The van der Waals surface area contributed by atoms with Crippen LogP contribution in [0.5, 0.6) is 0 Å². The highest BCUT2D eigenvalue weighted by Gasteiger charge is 2.05. The van der Waals surface area contributed by atoms with Gasteiger partial charge in [-0.25, -0.2) is 9.97 Å². The summed E-state index contributed by atoms with van der Waals surface area (Å²) in [7, 11) is 0. The van der Waals surface area contributed by atoms with Gasteiger partial charge in [0.15, 0.2) is 0 Å². The molecule has 0 aliphatic carbocycles. The van der Waals surface area contributed by atoms with E-state index in [0.29, 0.717) is 0 Å². The Kier molecular flexibility index (Phi) is 15.4. The van der Waals surface area contributed by atoms with Gasteiger partial charge in [-0.1, -0.05) is 97.8 Å². The van der Waals surface area contributed by atoms with Gasteiger partial charge in [-0.2, -0.15) is 0 Å². The molecular formula is C25H45N2. The molecule has 2 nitrogen and oxygen atoms in total. The molecule has 0 amide bonds.